The van der Waals surface area contributed by atoms with Crippen molar-refractivity contribution in [2.24, 2.45) is 5.73 Å². The number of hydrogen-bond donors (Lipinski definition) is 2. The van der Waals surface area contributed by atoms with Crippen LogP contribution >= 0.6 is 0 Å². The topological polar surface area (TPSA) is 116 Å². The van der Waals surface area contributed by atoms with Gasteiger partial charge < -0.3 is 15.8 Å². The summed E-state index contributed by atoms with van der Waals surface area (Å²) in [5, 5.41) is 2.27. The predicted octanol–water partition coefficient (Wildman–Crippen LogP) is -1.57. The van der Waals surface area contributed by atoms with Crippen molar-refractivity contribution in [3.63, 3.8) is 0 Å². The summed E-state index contributed by atoms with van der Waals surface area (Å²) in [6.45, 7) is 1.62. The Bertz CT molecular complexity index is 366. The van der Waals surface area contributed by atoms with Gasteiger partial charge in [0.2, 0.25) is 5.91 Å². The Hall–Kier alpha value is -1.15. The third-order valence-electron chi connectivity index (χ3n) is 1.85. The fourth-order valence-corrected chi connectivity index (χ4v) is 1.66. The van der Waals surface area contributed by atoms with Gasteiger partial charge in [0.25, 0.3) is 0 Å². The van der Waals surface area contributed by atoms with Crippen LogP contribution in [0.4, 0.5) is 0 Å². The van der Waals surface area contributed by atoms with Gasteiger partial charge in [-0.05, 0) is 13.3 Å². The number of hydrogen-bond acceptors (Lipinski definition) is 6. The molecule has 0 spiro atoms. The lowest BCUT2D eigenvalue weighted by atomic mass is 10.2. The molecule has 1 amide bonds. The van der Waals surface area contributed by atoms with Crippen LogP contribution in [0, 0.1) is 0 Å². The molecule has 1 unspecified atom stereocenters. The minimum atomic E-state index is -3.14. The fourth-order valence-electron chi connectivity index (χ4n) is 0.975. The van der Waals surface area contributed by atoms with Crippen LogP contribution in [0.3, 0.4) is 0 Å². The Morgan fingerprint density at radius 1 is 1.41 bits per heavy atom. The Morgan fingerprint density at radius 2 is 2.00 bits per heavy atom. The third-order valence-corrected chi connectivity index (χ3v) is 2.83. The summed E-state index contributed by atoms with van der Waals surface area (Å²) < 4.78 is 26.3. The van der Waals surface area contributed by atoms with Crippen molar-refractivity contribution in [2.75, 3.05) is 25.2 Å². The highest BCUT2D eigenvalue weighted by molar-refractivity contribution is 7.90. The van der Waals surface area contributed by atoms with E-state index in [0.29, 0.717) is 0 Å². The maximum atomic E-state index is 11.3. The molecule has 0 rings (SSSR count). The molecule has 1 atom stereocenters. The molecule has 100 valence electrons. The summed E-state index contributed by atoms with van der Waals surface area (Å²) in [5.74, 6) is -1.29. The van der Waals surface area contributed by atoms with E-state index in [-0.39, 0.29) is 25.3 Å². The second kappa shape index (κ2) is 7.23. The van der Waals surface area contributed by atoms with Crippen molar-refractivity contribution in [2.45, 2.75) is 19.4 Å². The molecule has 0 aliphatic heterocycles. The van der Waals surface area contributed by atoms with E-state index < -0.39 is 27.8 Å². The fraction of sp³-hybridized carbons (Fsp3) is 0.778. The van der Waals surface area contributed by atoms with Crippen LogP contribution in [-0.4, -0.2) is 51.5 Å². The molecule has 0 aliphatic carbocycles. The summed E-state index contributed by atoms with van der Waals surface area (Å²) in [7, 11) is -3.14. The molecular weight excluding hydrogens is 248 g/mol. The molecule has 3 N–H and O–H groups in total. The lowest BCUT2D eigenvalue weighted by Crippen LogP contribution is -2.43. The number of carbonyl (C=O) groups excluding carboxylic acids is 2. The lowest BCUT2D eigenvalue weighted by Gasteiger charge is -2.11. The van der Waals surface area contributed by atoms with E-state index in [2.05, 4.69) is 10.1 Å². The van der Waals surface area contributed by atoms with E-state index in [4.69, 9.17) is 5.73 Å². The van der Waals surface area contributed by atoms with E-state index in [1.807, 2.05) is 0 Å². The second-order valence-electron chi connectivity index (χ2n) is 3.55. The van der Waals surface area contributed by atoms with E-state index in [1.54, 1.807) is 6.92 Å². The molecule has 0 bridgehead atoms. The largest absolute Gasteiger partial charge is 0.465 e. The number of amides is 1. The predicted molar refractivity (Wildman–Crippen MR) is 61.9 cm³/mol. The number of ether oxygens (including phenoxy) is 1. The van der Waals surface area contributed by atoms with Gasteiger partial charge in [-0.1, -0.05) is 0 Å². The zero-order valence-corrected chi connectivity index (χ0v) is 10.7. The number of carbonyl (C=O) groups is 2. The van der Waals surface area contributed by atoms with Crippen LogP contribution in [0.1, 0.15) is 13.3 Å². The minimum Gasteiger partial charge on any atom is -0.465 e. The average molecular weight is 266 g/mol. The monoisotopic (exact) mass is 266 g/mol. The van der Waals surface area contributed by atoms with E-state index in [1.165, 1.54) is 0 Å². The highest BCUT2D eigenvalue weighted by Crippen LogP contribution is 1.94. The zero-order valence-electron chi connectivity index (χ0n) is 9.93. The molecule has 0 saturated heterocycles. The van der Waals surface area contributed by atoms with Crippen LogP contribution in [0.5, 0.6) is 0 Å². The Kier molecular flexibility index (Phi) is 6.74. The van der Waals surface area contributed by atoms with Crippen molar-refractivity contribution in [3.05, 3.63) is 0 Å². The molecule has 0 aliphatic rings. The molecule has 0 heterocycles. The van der Waals surface area contributed by atoms with Gasteiger partial charge in [0, 0.05) is 6.26 Å². The third kappa shape index (κ3) is 8.64. The molecule has 7 nitrogen and oxygen atoms in total. The first-order valence-corrected chi connectivity index (χ1v) is 7.19. The second-order valence-corrected chi connectivity index (χ2v) is 5.81. The number of rotatable bonds is 7. The van der Waals surface area contributed by atoms with Gasteiger partial charge >= 0.3 is 5.97 Å². The molecule has 17 heavy (non-hydrogen) atoms. The van der Waals surface area contributed by atoms with Crippen LogP contribution in [-0.2, 0) is 24.2 Å². The summed E-state index contributed by atoms with van der Waals surface area (Å²) in [5.41, 5.74) is 5.46. The van der Waals surface area contributed by atoms with Gasteiger partial charge in [-0.25, -0.2) is 8.42 Å². The number of nitrogens with one attached hydrogen (secondary N) is 1. The zero-order chi connectivity index (χ0) is 13.5. The Morgan fingerprint density at radius 3 is 2.47 bits per heavy atom. The van der Waals surface area contributed by atoms with Crippen molar-refractivity contribution in [1.29, 1.82) is 0 Å². The van der Waals surface area contributed by atoms with Crippen LogP contribution in [0.2, 0.25) is 0 Å². The summed E-state index contributed by atoms with van der Waals surface area (Å²) in [4.78, 5) is 22.2. The maximum absolute atomic E-state index is 11.3. The first-order chi connectivity index (χ1) is 7.76. The quantitative estimate of drug-likeness (QED) is 0.538. The van der Waals surface area contributed by atoms with Crippen LogP contribution in [0.25, 0.3) is 0 Å². The number of esters is 1. The molecular formula is C9H18N2O5S. The molecule has 0 aromatic heterocycles. The summed E-state index contributed by atoms with van der Waals surface area (Å²) in [6, 6.07) is -0.945. The standard InChI is InChI=1S/C9H18N2O5S/c1-3-16-8(12)6-11-9(13)7(10)4-5-17(2,14)15/h7H,3-6,10H2,1-2H3,(H,11,13). The smallest absolute Gasteiger partial charge is 0.325 e. The summed E-state index contributed by atoms with van der Waals surface area (Å²) in [6.07, 6.45) is 1.09. The molecule has 0 fully saturated rings. The van der Waals surface area contributed by atoms with Gasteiger partial charge in [-0.2, -0.15) is 0 Å². The van der Waals surface area contributed by atoms with E-state index in [9.17, 15) is 18.0 Å². The minimum absolute atomic E-state index is 0.0213. The van der Waals surface area contributed by atoms with Gasteiger partial charge in [0.05, 0.1) is 18.4 Å². The molecule has 0 aromatic carbocycles. The Balaban J connectivity index is 3.94. The van der Waals surface area contributed by atoms with Crippen molar-refractivity contribution in [3.8, 4) is 0 Å². The summed E-state index contributed by atoms with van der Waals surface area (Å²) >= 11 is 0. The Labute approximate surface area is 101 Å². The normalized spacial score (nSPS) is 12.9. The maximum Gasteiger partial charge on any atom is 0.325 e. The average Bonchev–Trinajstić information content (AvgIpc) is 2.22. The molecule has 8 heteroatoms. The highest BCUT2D eigenvalue weighted by Gasteiger charge is 2.16. The first kappa shape index (κ1) is 15.9. The van der Waals surface area contributed by atoms with Gasteiger partial charge in [0.1, 0.15) is 16.4 Å². The molecule has 0 saturated carbocycles. The van der Waals surface area contributed by atoms with Gasteiger partial charge in [-0.15, -0.1) is 0 Å². The van der Waals surface area contributed by atoms with Gasteiger partial charge in [0.15, 0.2) is 0 Å². The number of nitrogens with two attached hydrogens (primary N) is 1. The molecule has 0 radical (unpaired) electrons. The lowest BCUT2D eigenvalue weighted by molar-refractivity contribution is -0.143. The highest BCUT2D eigenvalue weighted by atomic mass is 32.2. The first-order valence-electron chi connectivity index (χ1n) is 5.13. The van der Waals surface area contributed by atoms with Crippen LogP contribution in [0.15, 0.2) is 0 Å². The van der Waals surface area contributed by atoms with Gasteiger partial charge in [-0.3, -0.25) is 9.59 Å². The molecule has 0 aromatic rings. The van der Waals surface area contributed by atoms with E-state index >= 15 is 0 Å². The van der Waals surface area contributed by atoms with Crippen molar-refractivity contribution < 1.29 is 22.7 Å². The number of sulfone groups is 1. The van der Waals surface area contributed by atoms with Crippen LogP contribution < -0.4 is 11.1 Å². The van der Waals surface area contributed by atoms with E-state index in [0.717, 1.165) is 6.26 Å². The van der Waals surface area contributed by atoms with Crippen molar-refractivity contribution >= 4 is 21.7 Å². The SMILES string of the molecule is CCOC(=O)CNC(=O)C(N)CCS(C)(=O)=O. The van der Waals surface area contributed by atoms with Crippen molar-refractivity contribution in [1.82, 2.24) is 5.32 Å².